The van der Waals surface area contributed by atoms with Gasteiger partial charge in [-0.3, -0.25) is 0 Å². The van der Waals surface area contributed by atoms with Gasteiger partial charge in [0.1, 0.15) is 0 Å². The Morgan fingerprint density at radius 2 is 1.05 bits per heavy atom. The molecule has 0 radical (unpaired) electrons. The summed E-state index contributed by atoms with van der Waals surface area (Å²) in [6.07, 6.45) is 28.0. The molecule has 1 aliphatic heterocycles. The van der Waals surface area contributed by atoms with Crippen LogP contribution >= 0.6 is 27.3 Å². The maximum absolute atomic E-state index is 5.67. The summed E-state index contributed by atoms with van der Waals surface area (Å²) in [6, 6.07) is 11.0. The first-order valence-electron chi connectivity index (χ1n) is 16.2. The van der Waals surface area contributed by atoms with Crippen LogP contribution in [0.15, 0.2) is 42.7 Å². The standard InChI is InChI=1S/C18H33P.C9H17N2.C7H6.2ClH.Ru/c1-4-10-16(11-5-1)19(17-12-6-2-7-13-17)18-14-8-3-9-15-18;1-8(2)10-5-6-11(7-10)9(3)4;1-7-5-3-2-4-6-7;;;/h16-18H,1-15H2;5-9H,1-4H3;1-6H;2*1H;/q;-1;;;;+2/p-1. The first-order valence-corrected chi connectivity index (χ1v) is 23.4. The van der Waals surface area contributed by atoms with Crippen LogP contribution in [0.4, 0.5) is 0 Å². The van der Waals surface area contributed by atoms with Crippen molar-refractivity contribution in [1.82, 2.24) is 9.80 Å². The molecule has 5 rings (SSSR count). The molecule has 0 atom stereocenters. The van der Waals surface area contributed by atoms with Gasteiger partial charge in [0.05, 0.1) is 17.0 Å². The van der Waals surface area contributed by atoms with Crippen molar-refractivity contribution in [3.63, 3.8) is 0 Å². The Hall–Kier alpha value is 0.0634. The number of benzene rings is 1. The summed E-state index contributed by atoms with van der Waals surface area (Å²) in [7, 11) is 11.3. The zero-order chi connectivity index (χ0) is 28.7. The van der Waals surface area contributed by atoms with E-state index in [1.807, 2.05) is 34.9 Å². The maximum atomic E-state index is 5.67. The molecule has 0 unspecified atom stereocenters. The second kappa shape index (κ2) is 19.4. The molecule has 0 spiro atoms. The van der Waals surface area contributed by atoms with E-state index in [9.17, 15) is 0 Å². The summed E-state index contributed by atoms with van der Waals surface area (Å²) in [6.45, 7) is 10.9. The summed E-state index contributed by atoms with van der Waals surface area (Å²) < 4.78 is 1.92. The van der Waals surface area contributed by atoms with Gasteiger partial charge in [0.15, 0.2) is 0 Å². The van der Waals surface area contributed by atoms with Crippen molar-refractivity contribution in [2.24, 2.45) is 0 Å². The van der Waals surface area contributed by atoms with Gasteiger partial charge in [-0.2, -0.15) is 6.67 Å². The normalized spacial score (nSPS) is 21.3. The molecule has 1 heterocycles. The zero-order valence-electron chi connectivity index (χ0n) is 25.7. The molecule has 3 aliphatic carbocycles. The van der Waals surface area contributed by atoms with Crippen LogP contribution in [0.1, 0.15) is 130 Å². The van der Waals surface area contributed by atoms with Crippen LogP contribution in [0.2, 0.25) is 0 Å². The molecule has 40 heavy (non-hydrogen) atoms. The van der Waals surface area contributed by atoms with E-state index in [1.165, 1.54) is 17.0 Å². The molecule has 0 saturated heterocycles. The Balaban J connectivity index is 0.000000180. The molecule has 230 valence electrons. The number of hydrogen-bond acceptors (Lipinski definition) is 2. The third-order valence-corrected chi connectivity index (χ3v) is 15.5. The van der Waals surface area contributed by atoms with E-state index < -0.39 is 13.5 Å². The summed E-state index contributed by atoms with van der Waals surface area (Å²) in [5.74, 6) is 0. The second-order valence-electron chi connectivity index (χ2n) is 12.7. The molecule has 0 amide bonds. The minimum atomic E-state index is -1.61. The summed E-state index contributed by atoms with van der Waals surface area (Å²) in [5, 5.41) is 0. The minimum absolute atomic E-state index is 0.0465. The SMILES string of the molecule is C1CCC([PH+](C2CCCCC2)C2CCCCC2)CC1.CC(C)N1C=CN(C(C)C)[CH-]1.[Cl][Ru]([Cl])=[CH]c1ccccc1. The van der Waals surface area contributed by atoms with Crippen molar-refractivity contribution in [1.29, 1.82) is 0 Å². The van der Waals surface area contributed by atoms with Crippen LogP contribution in [-0.2, 0) is 13.5 Å². The van der Waals surface area contributed by atoms with Gasteiger partial charge in [-0.25, -0.2) is 0 Å². The van der Waals surface area contributed by atoms with Gasteiger partial charge in [0.2, 0.25) is 0 Å². The molecule has 0 N–H and O–H groups in total. The molecule has 0 bridgehead atoms. The van der Waals surface area contributed by atoms with Gasteiger partial charge < -0.3 is 9.80 Å². The monoisotopic (exact) mass is 696 g/mol. The van der Waals surface area contributed by atoms with Gasteiger partial charge in [-0.1, -0.05) is 19.3 Å². The van der Waals surface area contributed by atoms with Crippen molar-refractivity contribution in [2.45, 2.75) is 153 Å². The molecular weight excluding hydrogens is 639 g/mol. The molecule has 6 heteroatoms. The van der Waals surface area contributed by atoms with Crippen molar-refractivity contribution < 1.29 is 13.5 Å². The molecule has 3 fully saturated rings. The van der Waals surface area contributed by atoms with E-state index in [-0.39, 0.29) is 7.92 Å². The number of halogens is 2. The van der Waals surface area contributed by atoms with Gasteiger partial charge in [0, 0.05) is 7.92 Å². The molecule has 1 aromatic carbocycles. The predicted octanol–water partition coefficient (Wildman–Crippen LogP) is 11.0. The van der Waals surface area contributed by atoms with Crippen LogP contribution < -0.4 is 0 Å². The van der Waals surface area contributed by atoms with Crippen molar-refractivity contribution in [2.75, 3.05) is 0 Å². The van der Waals surface area contributed by atoms with E-state index in [1.54, 1.807) is 96.3 Å². The Morgan fingerprint density at radius 1 is 0.675 bits per heavy atom. The van der Waals surface area contributed by atoms with E-state index in [0.717, 1.165) is 5.56 Å². The topological polar surface area (TPSA) is 6.48 Å². The molecule has 0 aromatic heterocycles. The molecular formula is C34H57Cl2N2PRu. The summed E-state index contributed by atoms with van der Waals surface area (Å²) >= 11 is -1.61. The van der Waals surface area contributed by atoms with E-state index in [0.29, 0.717) is 12.1 Å². The Morgan fingerprint density at radius 3 is 1.35 bits per heavy atom. The fraction of sp³-hybridized carbons (Fsp3) is 0.706. The van der Waals surface area contributed by atoms with E-state index in [4.69, 9.17) is 19.4 Å². The van der Waals surface area contributed by atoms with Crippen LogP contribution in [0.3, 0.4) is 0 Å². The third kappa shape index (κ3) is 12.4. The first-order chi connectivity index (χ1) is 19.3. The molecule has 1 aromatic rings. The fourth-order valence-corrected chi connectivity index (χ4v) is 14.0. The number of rotatable bonds is 6. The van der Waals surface area contributed by atoms with E-state index >= 15 is 0 Å². The van der Waals surface area contributed by atoms with Crippen LogP contribution in [-0.4, -0.2) is 43.5 Å². The average molecular weight is 697 g/mol. The van der Waals surface area contributed by atoms with Crippen molar-refractivity contribution in [3.05, 3.63) is 55.0 Å². The average Bonchev–Trinajstić information content (AvgIpc) is 3.48. The fourth-order valence-electron chi connectivity index (χ4n) is 6.91. The summed E-state index contributed by atoms with van der Waals surface area (Å²) in [5.41, 5.74) is 4.80. The quantitative estimate of drug-likeness (QED) is 0.166. The first kappa shape index (κ1) is 34.6. The number of nitrogens with zero attached hydrogens (tertiary/aromatic N) is 2. The van der Waals surface area contributed by atoms with Crippen LogP contribution in [0.25, 0.3) is 0 Å². The summed E-state index contributed by atoms with van der Waals surface area (Å²) in [4.78, 5) is 4.42. The second-order valence-corrected chi connectivity index (χ2v) is 21.9. The Labute approximate surface area is 261 Å². The number of hydrogen-bond donors (Lipinski definition) is 0. The van der Waals surface area contributed by atoms with Gasteiger partial charge in [0.25, 0.3) is 0 Å². The molecule has 2 nitrogen and oxygen atoms in total. The van der Waals surface area contributed by atoms with Gasteiger partial charge in [-0.15, -0.1) is 0 Å². The van der Waals surface area contributed by atoms with Crippen molar-refractivity contribution in [3.8, 4) is 0 Å². The van der Waals surface area contributed by atoms with Crippen LogP contribution in [0, 0.1) is 6.67 Å². The Kier molecular flexibility index (Phi) is 16.7. The third-order valence-electron chi connectivity index (χ3n) is 9.09. The molecule has 3 saturated carbocycles. The molecule has 4 aliphatic rings. The van der Waals surface area contributed by atoms with Gasteiger partial charge in [-0.05, 0) is 129 Å². The van der Waals surface area contributed by atoms with E-state index in [2.05, 4.69) is 56.6 Å². The zero-order valence-corrected chi connectivity index (χ0v) is 29.9. The van der Waals surface area contributed by atoms with Gasteiger partial charge >= 0.3 is 73.4 Å². The van der Waals surface area contributed by atoms with Crippen LogP contribution in [0.5, 0.6) is 0 Å². The predicted molar refractivity (Wildman–Crippen MR) is 180 cm³/mol. The van der Waals surface area contributed by atoms with Crippen molar-refractivity contribution >= 4 is 31.9 Å². The Bertz CT molecular complexity index is 797.